The molecule has 2 N–H and O–H groups in total. The van der Waals surface area contributed by atoms with E-state index < -0.39 is 6.10 Å². The number of rotatable bonds is 1. The van der Waals surface area contributed by atoms with Gasteiger partial charge in [-0.25, -0.2) is 0 Å². The predicted molar refractivity (Wildman–Crippen MR) is 94.7 cm³/mol. The van der Waals surface area contributed by atoms with E-state index in [4.69, 9.17) is 4.74 Å². The number of carbonyl (C=O) groups excluding carboxylic acids is 1. The Balaban J connectivity index is 1.74. The van der Waals surface area contributed by atoms with Crippen LogP contribution in [0.3, 0.4) is 0 Å². The minimum atomic E-state index is -0.390. The van der Waals surface area contributed by atoms with Gasteiger partial charge in [-0.05, 0) is 61.3 Å². The van der Waals surface area contributed by atoms with Crippen molar-refractivity contribution in [3.63, 3.8) is 0 Å². The van der Waals surface area contributed by atoms with E-state index in [-0.39, 0.29) is 28.8 Å². The smallest absolute Gasteiger partial charge is 0.302 e. The molecule has 3 unspecified atom stereocenters. The van der Waals surface area contributed by atoms with Crippen molar-refractivity contribution in [3.8, 4) is 0 Å². The van der Waals surface area contributed by atoms with Gasteiger partial charge >= 0.3 is 5.97 Å². The van der Waals surface area contributed by atoms with Crippen molar-refractivity contribution < 1.29 is 19.7 Å². The van der Waals surface area contributed by atoms with E-state index in [1.54, 1.807) is 0 Å². The highest BCUT2D eigenvalue weighted by Crippen LogP contribution is 2.65. The number of ether oxygens (including phenoxy) is 1. The number of hydrogen-bond donors (Lipinski definition) is 2. The molecule has 0 heterocycles. The highest BCUT2D eigenvalue weighted by atomic mass is 16.5. The SMILES string of the molecule is CC(=O)OC1CC2CC(O)C=C[C@]2(C)[C@@H]2CC[C@]3(C)C(O)=CC[C@H]3[C@H]12. The highest BCUT2D eigenvalue weighted by molar-refractivity contribution is 5.66. The molecule has 8 atom stereocenters. The molecule has 0 aromatic rings. The summed E-state index contributed by atoms with van der Waals surface area (Å²) in [5.41, 5.74) is -0.138. The van der Waals surface area contributed by atoms with Crippen LogP contribution in [0.1, 0.15) is 52.9 Å². The van der Waals surface area contributed by atoms with Crippen LogP contribution in [-0.2, 0) is 9.53 Å². The Kier molecular flexibility index (Phi) is 3.84. The molecule has 2 fully saturated rings. The van der Waals surface area contributed by atoms with Gasteiger partial charge in [0.2, 0.25) is 0 Å². The van der Waals surface area contributed by atoms with Crippen LogP contribution in [0.5, 0.6) is 0 Å². The fourth-order valence-corrected chi connectivity index (χ4v) is 6.62. The Morgan fingerprint density at radius 3 is 2.76 bits per heavy atom. The average Bonchev–Trinajstić information content (AvgIpc) is 2.84. The Morgan fingerprint density at radius 1 is 1.28 bits per heavy atom. The maximum Gasteiger partial charge on any atom is 0.302 e. The van der Waals surface area contributed by atoms with Crippen molar-refractivity contribution in [2.75, 3.05) is 0 Å². The summed E-state index contributed by atoms with van der Waals surface area (Å²) in [6, 6.07) is 0. The van der Waals surface area contributed by atoms with Gasteiger partial charge < -0.3 is 14.9 Å². The maximum atomic E-state index is 11.8. The Morgan fingerprint density at radius 2 is 2.04 bits per heavy atom. The molecule has 2 saturated carbocycles. The van der Waals surface area contributed by atoms with Crippen molar-refractivity contribution in [1.29, 1.82) is 0 Å². The zero-order chi connectivity index (χ0) is 18.0. The number of aliphatic hydroxyl groups is 2. The minimum Gasteiger partial charge on any atom is -0.512 e. The van der Waals surface area contributed by atoms with Gasteiger partial charge in [0, 0.05) is 18.3 Å². The van der Waals surface area contributed by atoms with Crippen molar-refractivity contribution in [2.45, 2.75) is 65.1 Å². The van der Waals surface area contributed by atoms with Gasteiger partial charge in [-0.3, -0.25) is 4.79 Å². The van der Waals surface area contributed by atoms with E-state index in [1.807, 2.05) is 12.2 Å². The molecule has 4 aliphatic carbocycles. The molecular formula is C21H30O4. The van der Waals surface area contributed by atoms with E-state index in [0.29, 0.717) is 23.5 Å². The first-order valence-electron chi connectivity index (χ1n) is 9.70. The van der Waals surface area contributed by atoms with E-state index in [1.165, 1.54) is 6.92 Å². The molecule has 0 amide bonds. The lowest BCUT2D eigenvalue weighted by Gasteiger charge is -2.60. The quantitative estimate of drug-likeness (QED) is 0.560. The van der Waals surface area contributed by atoms with Crippen molar-refractivity contribution in [1.82, 2.24) is 0 Å². The molecule has 4 rings (SSSR count). The van der Waals surface area contributed by atoms with Gasteiger partial charge in [-0.1, -0.05) is 26.0 Å². The molecule has 138 valence electrons. The van der Waals surface area contributed by atoms with Crippen LogP contribution in [0, 0.1) is 34.5 Å². The minimum absolute atomic E-state index is 0.0418. The van der Waals surface area contributed by atoms with Gasteiger partial charge in [0.1, 0.15) is 6.10 Å². The zero-order valence-corrected chi connectivity index (χ0v) is 15.4. The average molecular weight is 346 g/mol. The third-order valence-corrected chi connectivity index (χ3v) is 8.02. The van der Waals surface area contributed by atoms with Crippen LogP contribution in [0.4, 0.5) is 0 Å². The van der Waals surface area contributed by atoms with Crippen LogP contribution < -0.4 is 0 Å². The first kappa shape index (κ1) is 17.1. The van der Waals surface area contributed by atoms with E-state index in [2.05, 4.69) is 19.9 Å². The number of aliphatic hydroxyl groups excluding tert-OH is 2. The molecule has 4 heteroatoms. The Bertz CT molecular complexity index is 638. The molecule has 0 spiro atoms. The first-order valence-corrected chi connectivity index (χ1v) is 9.70. The molecule has 0 aliphatic heterocycles. The summed E-state index contributed by atoms with van der Waals surface area (Å²) < 4.78 is 5.83. The van der Waals surface area contributed by atoms with Crippen LogP contribution >= 0.6 is 0 Å². The predicted octanol–water partition coefficient (Wildman–Crippen LogP) is 3.76. The second kappa shape index (κ2) is 5.60. The number of carbonyl (C=O) groups is 1. The lowest BCUT2D eigenvalue weighted by Crippen LogP contribution is -2.58. The molecule has 0 saturated heterocycles. The fraction of sp³-hybridized carbons (Fsp3) is 0.762. The summed E-state index contributed by atoms with van der Waals surface area (Å²) in [6.45, 7) is 5.99. The Hall–Kier alpha value is -1.29. The molecule has 25 heavy (non-hydrogen) atoms. The van der Waals surface area contributed by atoms with Crippen LogP contribution in [0.25, 0.3) is 0 Å². The lowest BCUT2D eigenvalue weighted by atomic mass is 9.45. The monoisotopic (exact) mass is 346 g/mol. The van der Waals surface area contributed by atoms with E-state index in [9.17, 15) is 15.0 Å². The second-order valence-electron chi connectivity index (χ2n) is 9.18. The second-order valence-corrected chi connectivity index (χ2v) is 9.18. The van der Waals surface area contributed by atoms with Crippen LogP contribution in [-0.4, -0.2) is 28.4 Å². The molecule has 0 aromatic heterocycles. The van der Waals surface area contributed by atoms with Gasteiger partial charge in [-0.2, -0.15) is 0 Å². The standard InChI is InChI=1S/C21H30O4/c1-12(22)25-17-11-13-10-14(23)6-8-20(13,2)16-7-9-21(3)15(19(16)17)4-5-18(21)24/h5-6,8,13-17,19,23-24H,4,7,9-11H2,1-3H3/t13?,14?,15-,16+,17?,19-,20-,21-/m0/s1. The van der Waals surface area contributed by atoms with Crippen molar-refractivity contribution in [3.05, 3.63) is 24.0 Å². The zero-order valence-electron chi connectivity index (χ0n) is 15.4. The third kappa shape index (κ3) is 2.40. The molecular weight excluding hydrogens is 316 g/mol. The number of allylic oxidation sites excluding steroid dienone is 3. The normalized spacial score (nSPS) is 51.1. The lowest BCUT2D eigenvalue weighted by molar-refractivity contribution is -0.177. The van der Waals surface area contributed by atoms with Gasteiger partial charge in [-0.15, -0.1) is 0 Å². The van der Waals surface area contributed by atoms with Crippen molar-refractivity contribution >= 4 is 5.97 Å². The summed E-state index contributed by atoms with van der Waals surface area (Å²) in [5, 5.41) is 20.6. The first-order chi connectivity index (χ1) is 11.8. The summed E-state index contributed by atoms with van der Waals surface area (Å²) in [7, 11) is 0. The fourth-order valence-electron chi connectivity index (χ4n) is 6.62. The Labute approximate surface area is 149 Å². The number of fused-ring (bicyclic) bond motifs is 5. The summed E-state index contributed by atoms with van der Waals surface area (Å²) in [6.07, 6.45) is 10.1. The molecule has 0 bridgehead atoms. The van der Waals surface area contributed by atoms with Crippen LogP contribution in [0.2, 0.25) is 0 Å². The number of hydrogen-bond acceptors (Lipinski definition) is 4. The molecule has 4 aliphatic rings. The number of esters is 1. The van der Waals surface area contributed by atoms with Crippen LogP contribution in [0.15, 0.2) is 24.0 Å². The summed E-state index contributed by atoms with van der Waals surface area (Å²) >= 11 is 0. The van der Waals surface area contributed by atoms with Gasteiger partial charge in [0.25, 0.3) is 0 Å². The largest absolute Gasteiger partial charge is 0.512 e. The molecule has 0 aromatic carbocycles. The van der Waals surface area contributed by atoms with Crippen molar-refractivity contribution in [2.24, 2.45) is 34.5 Å². The summed E-state index contributed by atoms with van der Waals surface area (Å²) in [5.74, 6) is 1.67. The molecule has 4 nitrogen and oxygen atoms in total. The highest BCUT2D eigenvalue weighted by Gasteiger charge is 2.61. The maximum absolute atomic E-state index is 11.8. The van der Waals surface area contributed by atoms with E-state index >= 15 is 0 Å². The van der Waals surface area contributed by atoms with E-state index in [0.717, 1.165) is 32.1 Å². The molecule has 0 radical (unpaired) electrons. The summed E-state index contributed by atoms with van der Waals surface area (Å²) in [4.78, 5) is 11.8. The van der Waals surface area contributed by atoms with Gasteiger partial charge in [0.05, 0.1) is 11.9 Å². The van der Waals surface area contributed by atoms with Gasteiger partial charge in [0.15, 0.2) is 0 Å². The topological polar surface area (TPSA) is 66.8 Å². The third-order valence-electron chi connectivity index (χ3n) is 8.02.